The number of hydrogen-bond donors (Lipinski definition) is 0. The monoisotopic (exact) mass is 334 g/mol. The van der Waals surface area contributed by atoms with Gasteiger partial charge < -0.3 is 0 Å². The minimum atomic E-state index is -0.257. The smallest absolute Gasteiger partial charge is 0.159 e. The fraction of sp³-hybridized carbons (Fsp3) is 0.250. The maximum Gasteiger partial charge on any atom is 0.159 e. The third-order valence-corrected chi connectivity index (χ3v) is 4.51. The summed E-state index contributed by atoms with van der Waals surface area (Å²) in [6.07, 6.45) is 4.37. The lowest BCUT2D eigenvalue weighted by atomic mass is 9.95. The standard InChI is InChI=1S/C20H19FN4/c1-13-12-20(2,3)25-19(23-13)17(14-8-10-22-11-9-14)18(24-25)15-4-6-16(21)7-5-15/h4-11H,12H2,1-3H3. The van der Waals surface area contributed by atoms with E-state index in [1.807, 2.05) is 23.7 Å². The Hall–Kier alpha value is -2.82. The lowest BCUT2D eigenvalue weighted by Crippen LogP contribution is -2.32. The molecule has 1 aromatic carbocycles. The molecule has 0 N–H and O–H groups in total. The van der Waals surface area contributed by atoms with E-state index in [0.717, 1.165) is 40.3 Å². The average molecular weight is 334 g/mol. The second kappa shape index (κ2) is 5.62. The van der Waals surface area contributed by atoms with Gasteiger partial charge in [-0.15, -0.1) is 0 Å². The van der Waals surface area contributed by atoms with Gasteiger partial charge in [0.1, 0.15) is 11.5 Å². The molecular weight excluding hydrogens is 315 g/mol. The van der Waals surface area contributed by atoms with Crippen LogP contribution in [0.3, 0.4) is 0 Å². The van der Waals surface area contributed by atoms with Gasteiger partial charge in [0.15, 0.2) is 5.82 Å². The number of aliphatic imine (C=N–C) groups is 1. The predicted molar refractivity (Wildman–Crippen MR) is 97.6 cm³/mol. The second-order valence-corrected chi connectivity index (χ2v) is 7.04. The summed E-state index contributed by atoms with van der Waals surface area (Å²) in [4.78, 5) is 8.92. The number of pyridine rings is 1. The molecule has 4 rings (SSSR count). The zero-order valence-corrected chi connectivity index (χ0v) is 14.5. The first-order valence-corrected chi connectivity index (χ1v) is 8.30. The van der Waals surface area contributed by atoms with Crippen LogP contribution < -0.4 is 0 Å². The van der Waals surface area contributed by atoms with Crippen molar-refractivity contribution in [3.63, 3.8) is 0 Å². The number of halogens is 1. The summed E-state index contributed by atoms with van der Waals surface area (Å²) in [5.74, 6) is 0.589. The van der Waals surface area contributed by atoms with Gasteiger partial charge in [0.25, 0.3) is 0 Å². The molecule has 0 bridgehead atoms. The summed E-state index contributed by atoms with van der Waals surface area (Å²) in [6, 6.07) is 10.4. The quantitative estimate of drug-likeness (QED) is 0.663. The largest absolute Gasteiger partial charge is 0.265 e. The number of benzene rings is 1. The molecule has 3 heterocycles. The van der Waals surface area contributed by atoms with Crippen LogP contribution in [-0.2, 0) is 5.54 Å². The van der Waals surface area contributed by atoms with Crippen molar-refractivity contribution in [1.29, 1.82) is 0 Å². The van der Waals surface area contributed by atoms with Crippen LogP contribution in [-0.4, -0.2) is 20.5 Å². The number of fused-ring (bicyclic) bond motifs is 1. The lowest BCUT2D eigenvalue weighted by molar-refractivity contribution is 0.329. The molecule has 0 unspecified atom stereocenters. The van der Waals surface area contributed by atoms with Gasteiger partial charge in [-0.05, 0) is 62.7 Å². The van der Waals surface area contributed by atoms with Crippen LogP contribution in [0.1, 0.15) is 27.2 Å². The maximum absolute atomic E-state index is 13.4. The van der Waals surface area contributed by atoms with Gasteiger partial charge >= 0.3 is 0 Å². The molecule has 0 saturated carbocycles. The number of hydrogen-bond acceptors (Lipinski definition) is 3. The van der Waals surface area contributed by atoms with Crippen LogP contribution in [0, 0.1) is 5.82 Å². The van der Waals surface area contributed by atoms with Gasteiger partial charge in [0.2, 0.25) is 0 Å². The summed E-state index contributed by atoms with van der Waals surface area (Å²) in [5.41, 5.74) is 4.57. The highest BCUT2D eigenvalue weighted by atomic mass is 19.1. The zero-order valence-electron chi connectivity index (χ0n) is 14.5. The van der Waals surface area contributed by atoms with E-state index in [-0.39, 0.29) is 11.4 Å². The molecule has 2 aromatic heterocycles. The third kappa shape index (κ3) is 2.65. The van der Waals surface area contributed by atoms with E-state index in [0.29, 0.717) is 0 Å². The molecular formula is C20H19FN4. The van der Waals surface area contributed by atoms with Crippen molar-refractivity contribution < 1.29 is 4.39 Å². The minimum Gasteiger partial charge on any atom is -0.265 e. The van der Waals surface area contributed by atoms with Gasteiger partial charge in [0.05, 0.1) is 11.1 Å². The summed E-state index contributed by atoms with van der Waals surface area (Å²) < 4.78 is 15.4. The van der Waals surface area contributed by atoms with E-state index in [4.69, 9.17) is 10.1 Å². The minimum absolute atomic E-state index is 0.165. The van der Waals surface area contributed by atoms with E-state index in [1.54, 1.807) is 24.5 Å². The van der Waals surface area contributed by atoms with Gasteiger partial charge in [-0.1, -0.05) is 0 Å². The lowest BCUT2D eigenvalue weighted by Gasteiger charge is -2.30. The van der Waals surface area contributed by atoms with Crippen LogP contribution in [0.15, 0.2) is 53.8 Å². The first-order valence-electron chi connectivity index (χ1n) is 8.30. The first-order chi connectivity index (χ1) is 12.0. The number of nitrogens with zero attached hydrogens (tertiary/aromatic N) is 4. The topological polar surface area (TPSA) is 43.1 Å². The molecule has 1 aliphatic rings. The van der Waals surface area contributed by atoms with Crippen molar-refractivity contribution in [3.05, 3.63) is 54.6 Å². The van der Waals surface area contributed by atoms with Gasteiger partial charge in [-0.2, -0.15) is 5.10 Å². The predicted octanol–water partition coefficient (Wildman–Crippen LogP) is 4.98. The van der Waals surface area contributed by atoms with E-state index in [1.165, 1.54) is 12.1 Å². The molecule has 0 spiro atoms. The highest BCUT2D eigenvalue weighted by molar-refractivity contribution is 5.94. The molecule has 0 fully saturated rings. The molecule has 126 valence electrons. The molecule has 0 amide bonds. The fourth-order valence-electron chi connectivity index (χ4n) is 3.45. The van der Waals surface area contributed by atoms with Crippen molar-refractivity contribution in [2.75, 3.05) is 0 Å². The Kier molecular flexibility index (Phi) is 3.53. The van der Waals surface area contributed by atoms with Crippen molar-refractivity contribution in [2.24, 2.45) is 4.99 Å². The normalized spacial score (nSPS) is 15.6. The van der Waals surface area contributed by atoms with E-state index >= 15 is 0 Å². The van der Waals surface area contributed by atoms with E-state index in [9.17, 15) is 4.39 Å². The van der Waals surface area contributed by atoms with Crippen molar-refractivity contribution in [1.82, 2.24) is 14.8 Å². The van der Waals surface area contributed by atoms with Crippen molar-refractivity contribution in [3.8, 4) is 22.4 Å². The van der Waals surface area contributed by atoms with Crippen molar-refractivity contribution >= 4 is 11.5 Å². The van der Waals surface area contributed by atoms with Crippen LogP contribution in [0.4, 0.5) is 10.2 Å². The van der Waals surface area contributed by atoms with Crippen LogP contribution in [0.5, 0.6) is 0 Å². The number of aromatic nitrogens is 3. The Morgan fingerprint density at radius 1 is 1.00 bits per heavy atom. The Morgan fingerprint density at radius 2 is 1.68 bits per heavy atom. The van der Waals surface area contributed by atoms with Gasteiger partial charge in [-0.25, -0.2) is 14.1 Å². The van der Waals surface area contributed by atoms with Gasteiger partial charge in [0, 0.05) is 30.1 Å². The number of rotatable bonds is 2. The fourth-order valence-corrected chi connectivity index (χ4v) is 3.45. The highest BCUT2D eigenvalue weighted by Gasteiger charge is 2.33. The summed E-state index contributed by atoms with van der Waals surface area (Å²) in [6.45, 7) is 6.37. The molecule has 3 aromatic rings. The Morgan fingerprint density at radius 3 is 2.36 bits per heavy atom. The van der Waals surface area contributed by atoms with Crippen LogP contribution in [0.25, 0.3) is 22.4 Å². The molecule has 0 radical (unpaired) electrons. The average Bonchev–Trinajstić information content (AvgIpc) is 2.96. The first kappa shape index (κ1) is 15.7. The second-order valence-electron chi connectivity index (χ2n) is 7.04. The molecule has 1 aliphatic heterocycles. The molecule has 5 heteroatoms. The third-order valence-electron chi connectivity index (χ3n) is 4.51. The van der Waals surface area contributed by atoms with E-state index < -0.39 is 0 Å². The Balaban J connectivity index is 2.03. The summed E-state index contributed by atoms with van der Waals surface area (Å²) >= 11 is 0. The van der Waals surface area contributed by atoms with Gasteiger partial charge in [-0.3, -0.25) is 4.98 Å². The molecule has 0 atom stereocenters. The SMILES string of the molecule is CC1=Nc2c(-c3ccncc3)c(-c3ccc(F)cc3)nn2C(C)(C)C1. The van der Waals surface area contributed by atoms with Crippen LogP contribution >= 0.6 is 0 Å². The molecule has 4 nitrogen and oxygen atoms in total. The highest BCUT2D eigenvalue weighted by Crippen LogP contribution is 2.44. The Labute approximate surface area is 146 Å². The molecule has 0 aliphatic carbocycles. The molecule has 0 saturated heterocycles. The summed E-state index contributed by atoms with van der Waals surface area (Å²) in [5, 5.41) is 4.88. The summed E-state index contributed by atoms with van der Waals surface area (Å²) in [7, 11) is 0. The van der Waals surface area contributed by atoms with Crippen molar-refractivity contribution in [2.45, 2.75) is 32.7 Å². The molecule has 25 heavy (non-hydrogen) atoms. The van der Waals surface area contributed by atoms with Crippen LogP contribution in [0.2, 0.25) is 0 Å². The zero-order chi connectivity index (χ0) is 17.6. The Bertz CT molecular complexity index is 953. The van der Waals surface area contributed by atoms with E-state index in [2.05, 4.69) is 18.8 Å². The maximum atomic E-state index is 13.4.